The van der Waals surface area contributed by atoms with Crippen molar-refractivity contribution in [2.24, 2.45) is 5.73 Å². The quantitative estimate of drug-likeness (QED) is 0.876. The van der Waals surface area contributed by atoms with Crippen LogP contribution in [0.1, 0.15) is 29.0 Å². The largest absolute Gasteiger partial charge is 0.459 e. The molecule has 1 aromatic heterocycles. The minimum Gasteiger partial charge on any atom is -0.459 e. The van der Waals surface area contributed by atoms with Crippen LogP contribution in [-0.2, 0) is 4.74 Å². The van der Waals surface area contributed by atoms with Crippen LogP contribution in [-0.4, -0.2) is 43.2 Å². The molecular weight excluding hydrogens is 232 g/mol. The van der Waals surface area contributed by atoms with Crippen LogP contribution in [0, 0.1) is 6.92 Å². The number of carbonyl (C=O) groups excluding carboxylic acids is 1. The number of nitrogens with two attached hydrogens (primary N) is 1. The fourth-order valence-corrected chi connectivity index (χ4v) is 2.44. The zero-order valence-corrected chi connectivity index (χ0v) is 10.9. The van der Waals surface area contributed by atoms with E-state index in [-0.39, 0.29) is 18.1 Å². The average Bonchev–Trinajstić information content (AvgIpc) is 2.83. The van der Waals surface area contributed by atoms with Crippen molar-refractivity contribution in [1.29, 1.82) is 0 Å². The Bertz CT molecular complexity index is 416. The van der Waals surface area contributed by atoms with Gasteiger partial charge in [0.05, 0.1) is 12.4 Å². The number of nitrogens with zero attached hydrogens (tertiary/aromatic N) is 1. The van der Waals surface area contributed by atoms with Crippen molar-refractivity contribution in [3.63, 3.8) is 0 Å². The van der Waals surface area contributed by atoms with Gasteiger partial charge in [-0.2, -0.15) is 0 Å². The van der Waals surface area contributed by atoms with E-state index in [0.717, 1.165) is 18.4 Å². The van der Waals surface area contributed by atoms with Crippen LogP contribution in [0.5, 0.6) is 0 Å². The number of ether oxygens (including phenoxy) is 1. The number of hydrogen-bond acceptors (Lipinski definition) is 4. The number of carbonyl (C=O) groups is 1. The van der Waals surface area contributed by atoms with E-state index in [2.05, 4.69) is 0 Å². The predicted octanol–water partition coefficient (Wildman–Crippen LogP) is 1.17. The van der Waals surface area contributed by atoms with Crippen LogP contribution in [0.2, 0.25) is 0 Å². The van der Waals surface area contributed by atoms with Gasteiger partial charge in [-0.15, -0.1) is 0 Å². The molecule has 5 nitrogen and oxygen atoms in total. The predicted molar refractivity (Wildman–Crippen MR) is 67.4 cm³/mol. The highest BCUT2D eigenvalue weighted by Gasteiger charge is 2.32. The van der Waals surface area contributed by atoms with E-state index in [1.165, 1.54) is 0 Å². The van der Waals surface area contributed by atoms with Crippen molar-refractivity contribution < 1.29 is 13.9 Å². The molecule has 1 aliphatic rings. The molecule has 0 spiro atoms. The second kappa shape index (κ2) is 5.54. The van der Waals surface area contributed by atoms with Gasteiger partial charge in [0, 0.05) is 31.8 Å². The molecule has 1 aliphatic heterocycles. The first-order chi connectivity index (χ1) is 8.67. The lowest BCUT2D eigenvalue weighted by atomic mass is 9.98. The monoisotopic (exact) mass is 252 g/mol. The molecule has 5 heteroatoms. The number of methoxy groups -OCH3 is 1. The highest BCUT2D eigenvalue weighted by Crippen LogP contribution is 2.22. The topological polar surface area (TPSA) is 68.7 Å². The molecular formula is C13H20N2O3. The zero-order chi connectivity index (χ0) is 13.1. The third-order valence-corrected chi connectivity index (χ3v) is 3.59. The van der Waals surface area contributed by atoms with Crippen molar-refractivity contribution in [3.05, 3.63) is 23.7 Å². The Balaban J connectivity index is 2.13. The number of furan rings is 1. The first-order valence-corrected chi connectivity index (χ1v) is 6.25. The molecule has 1 aromatic rings. The number of hydrogen-bond donors (Lipinski definition) is 1. The first-order valence-electron chi connectivity index (χ1n) is 6.25. The van der Waals surface area contributed by atoms with Gasteiger partial charge in [0.2, 0.25) is 0 Å². The Labute approximate surface area is 107 Å². The van der Waals surface area contributed by atoms with Crippen molar-refractivity contribution >= 4 is 5.91 Å². The van der Waals surface area contributed by atoms with Crippen LogP contribution >= 0.6 is 0 Å². The minimum absolute atomic E-state index is 0.0284. The molecule has 1 fully saturated rings. The van der Waals surface area contributed by atoms with Gasteiger partial charge in [0.1, 0.15) is 0 Å². The van der Waals surface area contributed by atoms with Crippen LogP contribution in [0.4, 0.5) is 0 Å². The molecule has 1 amide bonds. The van der Waals surface area contributed by atoms with E-state index in [1.807, 2.05) is 6.92 Å². The van der Waals surface area contributed by atoms with E-state index in [1.54, 1.807) is 24.3 Å². The number of aryl methyl sites for hydroxylation is 1. The Kier molecular flexibility index (Phi) is 4.04. The molecule has 0 radical (unpaired) electrons. The van der Waals surface area contributed by atoms with E-state index < -0.39 is 0 Å². The lowest BCUT2D eigenvalue weighted by molar-refractivity contribution is 0.0124. The molecule has 18 heavy (non-hydrogen) atoms. The number of piperidine rings is 1. The smallest absolute Gasteiger partial charge is 0.290 e. The van der Waals surface area contributed by atoms with Crippen LogP contribution in [0.25, 0.3) is 0 Å². The number of rotatable bonds is 3. The van der Waals surface area contributed by atoms with Gasteiger partial charge in [-0.25, -0.2) is 0 Å². The summed E-state index contributed by atoms with van der Waals surface area (Å²) < 4.78 is 10.6. The summed E-state index contributed by atoms with van der Waals surface area (Å²) in [5, 5.41) is 0. The van der Waals surface area contributed by atoms with Crippen molar-refractivity contribution in [2.75, 3.05) is 20.2 Å². The van der Waals surface area contributed by atoms with E-state index in [0.29, 0.717) is 18.8 Å². The van der Waals surface area contributed by atoms with Crippen molar-refractivity contribution in [3.8, 4) is 0 Å². The summed E-state index contributed by atoms with van der Waals surface area (Å²) in [5.74, 6) is 0.354. The maximum absolute atomic E-state index is 12.4. The van der Waals surface area contributed by atoms with Gasteiger partial charge in [-0.3, -0.25) is 4.79 Å². The summed E-state index contributed by atoms with van der Waals surface area (Å²) in [6.07, 6.45) is 3.37. The number of likely N-dealkylation sites (tertiary alicyclic amines) is 1. The average molecular weight is 252 g/mol. The third-order valence-electron chi connectivity index (χ3n) is 3.59. The highest BCUT2D eigenvalue weighted by atomic mass is 16.5. The molecule has 0 unspecified atom stereocenters. The van der Waals surface area contributed by atoms with E-state index in [4.69, 9.17) is 14.9 Å². The lowest BCUT2D eigenvalue weighted by Crippen LogP contribution is -2.51. The van der Waals surface area contributed by atoms with Crippen molar-refractivity contribution in [2.45, 2.75) is 31.9 Å². The maximum atomic E-state index is 12.4. The fraction of sp³-hybridized carbons (Fsp3) is 0.615. The lowest BCUT2D eigenvalue weighted by Gasteiger charge is -2.38. The summed E-state index contributed by atoms with van der Waals surface area (Å²) in [6.45, 7) is 2.99. The second-order valence-corrected chi connectivity index (χ2v) is 4.70. The fourth-order valence-electron chi connectivity index (χ4n) is 2.44. The normalized spacial score (nSPS) is 24.3. The molecule has 2 atom stereocenters. The van der Waals surface area contributed by atoms with Crippen LogP contribution in [0.15, 0.2) is 16.7 Å². The minimum atomic E-state index is -0.0671. The zero-order valence-electron chi connectivity index (χ0n) is 10.9. The summed E-state index contributed by atoms with van der Waals surface area (Å²) >= 11 is 0. The Hall–Kier alpha value is -1.33. The molecule has 0 bridgehead atoms. The van der Waals surface area contributed by atoms with E-state index >= 15 is 0 Å². The first kappa shape index (κ1) is 13.1. The molecule has 100 valence electrons. The maximum Gasteiger partial charge on any atom is 0.290 e. The summed E-state index contributed by atoms with van der Waals surface area (Å²) in [4.78, 5) is 14.2. The van der Waals surface area contributed by atoms with Gasteiger partial charge in [0.25, 0.3) is 5.91 Å². The Morgan fingerprint density at radius 3 is 3.00 bits per heavy atom. The summed E-state index contributed by atoms with van der Waals surface area (Å²) in [6, 6.07) is 1.83. The molecule has 0 saturated carbocycles. The highest BCUT2D eigenvalue weighted by molar-refractivity contribution is 5.93. The second-order valence-electron chi connectivity index (χ2n) is 4.70. The Morgan fingerprint density at radius 2 is 2.44 bits per heavy atom. The Morgan fingerprint density at radius 1 is 1.67 bits per heavy atom. The molecule has 2 heterocycles. The number of amides is 1. The van der Waals surface area contributed by atoms with E-state index in [9.17, 15) is 4.79 Å². The van der Waals surface area contributed by atoms with Crippen LogP contribution in [0.3, 0.4) is 0 Å². The standard InChI is InChI=1S/C13H20N2O3/c1-9-4-6-18-12(9)13(16)15-5-3-11(17-2)7-10(15)8-14/h4,6,10-11H,3,5,7-8,14H2,1-2H3/t10-,11-/m0/s1. The molecule has 2 rings (SSSR count). The van der Waals surface area contributed by atoms with Gasteiger partial charge >= 0.3 is 0 Å². The summed E-state index contributed by atoms with van der Waals surface area (Å²) in [5.41, 5.74) is 6.63. The van der Waals surface area contributed by atoms with Gasteiger partial charge in [-0.1, -0.05) is 0 Å². The SMILES string of the molecule is CO[C@H]1CCN(C(=O)c2occc2C)[C@H](CN)C1. The third kappa shape index (κ3) is 2.42. The van der Waals surface area contributed by atoms with Crippen LogP contribution < -0.4 is 5.73 Å². The summed E-state index contributed by atoms with van der Waals surface area (Å²) in [7, 11) is 1.70. The van der Waals surface area contributed by atoms with Crippen molar-refractivity contribution in [1.82, 2.24) is 4.90 Å². The molecule has 0 aliphatic carbocycles. The molecule has 2 N–H and O–H groups in total. The molecule has 0 aromatic carbocycles. The molecule has 1 saturated heterocycles. The van der Waals surface area contributed by atoms with Gasteiger partial charge < -0.3 is 19.8 Å². The van der Waals surface area contributed by atoms with Gasteiger partial charge in [0.15, 0.2) is 5.76 Å². The van der Waals surface area contributed by atoms with Gasteiger partial charge in [-0.05, 0) is 25.8 Å².